The molecule has 0 spiro atoms. The van der Waals surface area contributed by atoms with Gasteiger partial charge >= 0.3 is 0 Å². The number of thiophene rings is 1. The third kappa shape index (κ3) is 4.39. The number of carbonyl (C=O) groups excluding carboxylic acids is 2. The summed E-state index contributed by atoms with van der Waals surface area (Å²) in [5.41, 5.74) is 4.34. The van der Waals surface area contributed by atoms with E-state index in [1.807, 2.05) is 60.7 Å². The van der Waals surface area contributed by atoms with Gasteiger partial charge in [0.25, 0.3) is 11.8 Å². The van der Waals surface area contributed by atoms with Crippen LogP contribution in [-0.4, -0.2) is 17.0 Å². The van der Waals surface area contributed by atoms with Gasteiger partial charge < -0.3 is 15.2 Å². The van der Waals surface area contributed by atoms with Crippen LogP contribution in [-0.2, 0) is 19.4 Å². The SMILES string of the molecule is Cc1onc(-c2ccccc2)c1C(=O)Nc1sc2c(c1C(=O)NCc1ccccc1)CCCC2. The molecule has 172 valence electrons. The molecule has 2 heterocycles. The van der Waals surface area contributed by atoms with Crippen LogP contribution >= 0.6 is 11.3 Å². The first-order valence-electron chi connectivity index (χ1n) is 11.4. The molecule has 6 nitrogen and oxygen atoms in total. The fourth-order valence-corrected chi connectivity index (χ4v) is 5.64. The Morgan fingerprint density at radius 3 is 2.41 bits per heavy atom. The van der Waals surface area contributed by atoms with Gasteiger partial charge in [0.05, 0.1) is 5.56 Å². The zero-order chi connectivity index (χ0) is 23.5. The predicted molar refractivity (Wildman–Crippen MR) is 133 cm³/mol. The predicted octanol–water partition coefficient (Wildman–Crippen LogP) is 5.77. The van der Waals surface area contributed by atoms with E-state index in [1.54, 1.807) is 6.92 Å². The van der Waals surface area contributed by atoms with Crippen LogP contribution in [0.4, 0.5) is 5.00 Å². The molecule has 0 atom stereocenters. The topological polar surface area (TPSA) is 84.2 Å². The Labute approximate surface area is 202 Å². The number of nitrogens with zero attached hydrogens (tertiary/aromatic N) is 1. The second-order valence-electron chi connectivity index (χ2n) is 8.37. The smallest absolute Gasteiger partial charge is 0.262 e. The minimum atomic E-state index is -0.326. The van der Waals surface area contributed by atoms with Crippen LogP contribution in [0, 0.1) is 6.92 Å². The molecule has 0 bridgehead atoms. The Hall–Kier alpha value is -3.71. The summed E-state index contributed by atoms with van der Waals surface area (Å²) in [6.07, 6.45) is 3.90. The molecule has 1 aliphatic rings. The first-order chi connectivity index (χ1) is 16.6. The van der Waals surface area contributed by atoms with Crippen molar-refractivity contribution in [3.8, 4) is 11.3 Å². The lowest BCUT2D eigenvalue weighted by molar-refractivity contribution is 0.0951. The lowest BCUT2D eigenvalue weighted by atomic mass is 9.95. The van der Waals surface area contributed by atoms with Gasteiger partial charge in [0, 0.05) is 17.0 Å². The second kappa shape index (κ2) is 9.65. The molecule has 2 N–H and O–H groups in total. The molecule has 4 aromatic rings. The molecule has 7 heteroatoms. The van der Waals surface area contributed by atoms with Crippen LogP contribution < -0.4 is 10.6 Å². The number of aryl methyl sites for hydroxylation is 2. The molecule has 0 unspecified atom stereocenters. The highest BCUT2D eigenvalue weighted by Crippen LogP contribution is 2.39. The summed E-state index contributed by atoms with van der Waals surface area (Å²) < 4.78 is 5.37. The molecule has 0 saturated carbocycles. The van der Waals surface area contributed by atoms with E-state index in [0.717, 1.165) is 42.4 Å². The molecular formula is C27H25N3O3S. The number of rotatable bonds is 6. The molecule has 0 aliphatic heterocycles. The normalized spacial score (nSPS) is 12.7. The Kier molecular flexibility index (Phi) is 6.27. The van der Waals surface area contributed by atoms with Crippen LogP contribution in [0.5, 0.6) is 0 Å². The van der Waals surface area contributed by atoms with E-state index in [9.17, 15) is 9.59 Å². The van der Waals surface area contributed by atoms with Gasteiger partial charge in [-0.3, -0.25) is 9.59 Å². The van der Waals surface area contributed by atoms with Crippen LogP contribution in [0.15, 0.2) is 65.2 Å². The quantitative estimate of drug-likeness (QED) is 0.374. The first kappa shape index (κ1) is 22.1. The molecule has 1 aliphatic carbocycles. The van der Waals surface area contributed by atoms with Crippen molar-refractivity contribution in [1.82, 2.24) is 10.5 Å². The van der Waals surface area contributed by atoms with Gasteiger partial charge in [-0.25, -0.2) is 0 Å². The fraction of sp³-hybridized carbons (Fsp3) is 0.222. The van der Waals surface area contributed by atoms with Gasteiger partial charge in [0.2, 0.25) is 0 Å². The van der Waals surface area contributed by atoms with Crippen LogP contribution in [0.2, 0.25) is 0 Å². The Morgan fingerprint density at radius 2 is 1.65 bits per heavy atom. The van der Waals surface area contributed by atoms with Gasteiger partial charge in [0.15, 0.2) is 0 Å². The van der Waals surface area contributed by atoms with Crippen molar-refractivity contribution in [1.29, 1.82) is 0 Å². The highest BCUT2D eigenvalue weighted by atomic mass is 32.1. The zero-order valence-corrected chi connectivity index (χ0v) is 19.7. The molecule has 0 fully saturated rings. The Morgan fingerprint density at radius 1 is 0.941 bits per heavy atom. The van der Waals surface area contributed by atoms with E-state index >= 15 is 0 Å². The number of hydrogen-bond donors (Lipinski definition) is 2. The molecule has 2 aromatic heterocycles. The lowest BCUT2D eigenvalue weighted by Crippen LogP contribution is -2.25. The Bertz CT molecular complexity index is 1330. The summed E-state index contributed by atoms with van der Waals surface area (Å²) in [5.74, 6) is -0.0510. The summed E-state index contributed by atoms with van der Waals surface area (Å²) in [6, 6.07) is 19.3. The highest BCUT2D eigenvalue weighted by molar-refractivity contribution is 7.17. The highest BCUT2D eigenvalue weighted by Gasteiger charge is 2.28. The van der Waals surface area contributed by atoms with E-state index in [2.05, 4.69) is 15.8 Å². The fourth-order valence-electron chi connectivity index (χ4n) is 4.36. The lowest BCUT2D eigenvalue weighted by Gasteiger charge is -2.13. The van der Waals surface area contributed by atoms with Crippen LogP contribution in [0.1, 0.15) is 55.3 Å². The monoisotopic (exact) mass is 471 g/mol. The summed E-state index contributed by atoms with van der Waals surface area (Å²) in [5, 5.41) is 10.8. The van der Waals surface area contributed by atoms with Crippen molar-refractivity contribution in [2.24, 2.45) is 0 Å². The number of amides is 2. The second-order valence-corrected chi connectivity index (χ2v) is 9.47. The van der Waals surface area contributed by atoms with Crippen molar-refractivity contribution >= 4 is 28.2 Å². The number of carbonyl (C=O) groups is 2. The van der Waals surface area contributed by atoms with E-state index < -0.39 is 0 Å². The van der Waals surface area contributed by atoms with Crippen molar-refractivity contribution < 1.29 is 14.1 Å². The van der Waals surface area contributed by atoms with Gasteiger partial charge in [0.1, 0.15) is 22.0 Å². The number of fused-ring (bicyclic) bond motifs is 1. The van der Waals surface area contributed by atoms with E-state index in [1.165, 1.54) is 16.2 Å². The molecule has 34 heavy (non-hydrogen) atoms. The van der Waals surface area contributed by atoms with Crippen molar-refractivity contribution in [2.45, 2.75) is 39.2 Å². The molecule has 2 amide bonds. The van der Waals surface area contributed by atoms with E-state index in [0.29, 0.717) is 34.1 Å². The maximum absolute atomic E-state index is 13.4. The number of anilines is 1. The third-order valence-electron chi connectivity index (χ3n) is 6.06. The number of benzene rings is 2. The number of nitrogens with one attached hydrogen (secondary N) is 2. The summed E-state index contributed by atoms with van der Waals surface area (Å²) in [7, 11) is 0. The van der Waals surface area contributed by atoms with Gasteiger partial charge in [-0.1, -0.05) is 65.8 Å². The maximum Gasteiger partial charge on any atom is 0.262 e. The van der Waals surface area contributed by atoms with Crippen molar-refractivity contribution in [3.05, 3.63) is 93.6 Å². The minimum Gasteiger partial charge on any atom is -0.360 e. The molecular weight excluding hydrogens is 446 g/mol. The van der Waals surface area contributed by atoms with Crippen molar-refractivity contribution in [2.75, 3.05) is 5.32 Å². The van der Waals surface area contributed by atoms with Crippen LogP contribution in [0.25, 0.3) is 11.3 Å². The molecule has 2 aromatic carbocycles. The standard InChI is InChI=1S/C27H25N3O3S/c1-17-22(24(30-33-17)19-12-6-3-7-13-19)26(32)29-27-23(20-14-8-9-15-21(20)34-27)25(31)28-16-18-10-4-2-5-11-18/h2-7,10-13H,8-9,14-16H2,1H3,(H,28,31)(H,29,32). The van der Waals surface area contributed by atoms with Gasteiger partial charge in [-0.05, 0) is 43.7 Å². The van der Waals surface area contributed by atoms with Gasteiger partial charge in [-0.15, -0.1) is 11.3 Å². The average Bonchev–Trinajstić information content (AvgIpc) is 3.43. The average molecular weight is 472 g/mol. The van der Waals surface area contributed by atoms with E-state index in [4.69, 9.17) is 4.52 Å². The minimum absolute atomic E-state index is 0.163. The third-order valence-corrected chi connectivity index (χ3v) is 7.27. The van der Waals surface area contributed by atoms with E-state index in [-0.39, 0.29) is 11.8 Å². The summed E-state index contributed by atoms with van der Waals surface area (Å²) >= 11 is 1.50. The largest absolute Gasteiger partial charge is 0.360 e. The molecule has 5 rings (SSSR count). The molecule has 0 radical (unpaired) electrons. The van der Waals surface area contributed by atoms with Crippen LogP contribution in [0.3, 0.4) is 0 Å². The maximum atomic E-state index is 13.4. The number of hydrogen-bond acceptors (Lipinski definition) is 5. The summed E-state index contributed by atoms with van der Waals surface area (Å²) in [4.78, 5) is 27.9. The van der Waals surface area contributed by atoms with Crippen molar-refractivity contribution in [3.63, 3.8) is 0 Å². The first-order valence-corrected chi connectivity index (χ1v) is 12.2. The zero-order valence-electron chi connectivity index (χ0n) is 18.9. The molecule has 0 saturated heterocycles. The Balaban J connectivity index is 1.44. The van der Waals surface area contributed by atoms with Gasteiger partial charge in [-0.2, -0.15) is 0 Å². The summed E-state index contributed by atoms with van der Waals surface area (Å²) in [6.45, 7) is 2.15. The number of aromatic nitrogens is 1.